The quantitative estimate of drug-likeness (QED) is 0.0232. The number of carboxylic acids is 1. The molecule has 19 nitrogen and oxygen atoms in total. The van der Waals surface area contributed by atoms with Crippen LogP contribution in [0.5, 0.6) is 0 Å². The summed E-state index contributed by atoms with van der Waals surface area (Å²) in [5.41, 5.74) is 21.3. The molecule has 6 unspecified atom stereocenters. The summed E-state index contributed by atoms with van der Waals surface area (Å²) in [6.45, 7) is -0.669. The third kappa shape index (κ3) is 15.3. The van der Waals surface area contributed by atoms with E-state index in [0.29, 0.717) is 6.42 Å². The van der Waals surface area contributed by atoms with Gasteiger partial charge in [-0.3, -0.25) is 33.8 Å². The van der Waals surface area contributed by atoms with Crippen molar-refractivity contribution in [3.63, 3.8) is 0 Å². The summed E-state index contributed by atoms with van der Waals surface area (Å²) in [5.74, 6) is -7.99. The molecular formula is C22H40N10O9S3. The van der Waals surface area contributed by atoms with Gasteiger partial charge in [-0.25, -0.2) is 4.79 Å². The largest absolute Gasteiger partial charge is 0.480 e. The molecule has 0 saturated heterocycles. The average Bonchev–Trinajstić information content (AvgIpc) is 2.96. The predicted molar refractivity (Wildman–Crippen MR) is 168 cm³/mol. The first-order valence-electron chi connectivity index (χ1n) is 12.9. The minimum absolute atomic E-state index is 0.114. The molecule has 0 aliphatic rings. The van der Waals surface area contributed by atoms with Crippen LogP contribution < -0.4 is 49.5 Å². The molecule has 15 N–H and O–H groups in total. The van der Waals surface area contributed by atoms with Crippen LogP contribution in [-0.2, 0) is 33.6 Å². The van der Waals surface area contributed by atoms with Crippen molar-refractivity contribution in [3.8, 4) is 0 Å². The number of hydrogen-bond donors (Lipinski definition) is 14. The Bertz CT molecular complexity index is 1060. The fraction of sp³-hybridized carbons (Fsp3) is 0.636. The van der Waals surface area contributed by atoms with Gasteiger partial charge in [-0.1, -0.05) is 0 Å². The Balaban J connectivity index is 5.24. The van der Waals surface area contributed by atoms with E-state index in [1.807, 2.05) is 0 Å². The summed E-state index contributed by atoms with van der Waals surface area (Å²) in [5, 5.41) is 30.1. The number of thiol groups is 3. The van der Waals surface area contributed by atoms with Gasteiger partial charge in [0.1, 0.15) is 30.2 Å². The van der Waals surface area contributed by atoms with Gasteiger partial charge in [0.05, 0.1) is 19.1 Å². The van der Waals surface area contributed by atoms with Gasteiger partial charge in [0.25, 0.3) is 0 Å². The minimum atomic E-state index is -1.66. The smallest absolute Gasteiger partial charge is 0.326 e. The highest BCUT2D eigenvalue weighted by Gasteiger charge is 2.32. The number of amides is 6. The Hall–Kier alpha value is -3.47. The minimum Gasteiger partial charge on any atom is -0.480 e. The maximum absolute atomic E-state index is 12.8. The van der Waals surface area contributed by atoms with Crippen LogP contribution in [-0.4, -0.2) is 124 Å². The lowest BCUT2D eigenvalue weighted by Crippen LogP contribution is -2.61. The second kappa shape index (κ2) is 21.3. The second-order valence-electron chi connectivity index (χ2n) is 9.10. The first-order chi connectivity index (χ1) is 20.6. The Morgan fingerprint density at radius 3 is 1.41 bits per heavy atom. The third-order valence-corrected chi connectivity index (χ3v) is 6.68. The lowest BCUT2D eigenvalue weighted by molar-refractivity contribution is -0.143. The molecule has 6 atom stereocenters. The molecular weight excluding hydrogens is 645 g/mol. The van der Waals surface area contributed by atoms with Crippen LogP contribution in [0.3, 0.4) is 0 Å². The molecule has 0 aromatic rings. The molecule has 0 rings (SSSR count). The van der Waals surface area contributed by atoms with Gasteiger partial charge in [0.2, 0.25) is 35.4 Å². The van der Waals surface area contributed by atoms with Crippen LogP contribution in [0.15, 0.2) is 4.99 Å². The zero-order valence-corrected chi connectivity index (χ0v) is 26.2. The lowest BCUT2D eigenvalue weighted by atomic mass is 10.1. The molecule has 0 saturated carbocycles. The third-order valence-electron chi connectivity index (χ3n) is 5.59. The fourth-order valence-corrected chi connectivity index (χ4v) is 3.97. The lowest BCUT2D eigenvalue weighted by Gasteiger charge is -2.25. The normalized spacial score (nSPS) is 14.8. The molecule has 0 heterocycles. The summed E-state index contributed by atoms with van der Waals surface area (Å²) >= 11 is 12.0. The molecule has 0 aromatic heterocycles. The zero-order chi connectivity index (χ0) is 34.0. The number of nitrogens with zero attached hydrogens (tertiary/aromatic N) is 1. The van der Waals surface area contributed by atoms with E-state index >= 15 is 0 Å². The van der Waals surface area contributed by atoms with Crippen molar-refractivity contribution in [2.75, 3.05) is 30.4 Å². The molecule has 0 radical (unpaired) electrons. The van der Waals surface area contributed by atoms with Crippen molar-refractivity contribution in [3.05, 3.63) is 0 Å². The molecule has 0 spiro atoms. The van der Waals surface area contributed by atoms with Crippen LogP contribution in [0.25, 0.3) is 0 Å². The number of carbonyl (C=O) groups excluding carboxylic acids is 6. The number of rotatable bonds is 21. The number of aliphatic imine (C=N–C) groups is 1. The molecule has 22 heteroatoms. The number of guanidine groups is 1. The molecule has 0 aromatic carbocycles. The van der Waals surface area contributed by atoms with Gasteiger partial charge in [-0.2, -0.15) is 37.9 Å². The Labute approximate surface area is 269 Å². The fourth-order valence-electron chi connectivity index (χ4n) is 3.20. The molecule has 0 fully saturated rings. The molecule has 0 aliphatic heterocycles. The van der Waals surface area contributed by atoms with Crippen LogP contribution in [0.2, 0.25) is 0 Å². The van der Waals surface area contributed by atoms with Gasteiger partial charge >= 0.3 is 5.97 Å². The maximum atomic E-state index is 12.8. The van der Waals surface area contributed by atoms with E-state index in [-0.39, 0.29) is 36.2 Å². The summed E-state index contributed by atoms with van der Waals surface area (Å²) in [7, 11) is 0. The monoisotopic (exact) mass is 684 g/mol. The van der Waals surface area contributed by atoms with E-state index in [2.05, 4.69) is 69.5 Å². The van der Waals surface area contributed by atoms with E-state index in [4.69, 9.17) is 28.0 Å². The molecule has 0 bridgehead atoms. The van der Waals surface area contributed by atoms with Crippen molar-refractivity contribution in [2.24, 2.45) is 27.9 Å². The van der Waals surface area contributed by atoms with Crippen molar-refractivity contribution >= 4 is 85.3 Å². The summed E-state index contributed by atoms with van der Waals surface area (Å²) < 4.78 is 0. The van der Waals surface area contributed by atoms with E-state index in [9.17, 15) is 38.7 Å². The number of aliphatic hydroxyl groups excluding tert-OH is 1. The molecule has 44 heavy (non-hydrogen) atoms. The van der Waals surface area contributed by atoms with Crippen LogP contribution in [0.1, 0.15) is 19.3 Å². The first-order valence-corrected chi connectivity index (χ1v) is 14.8. The number of nitrogens with one attached hydrogen (secondary N) is 5. The second-order valence-corrected chi connectivity index (χ2v) is 10.2. The zero-order valence-electron chi connectivity index (χ0n) is 23.5. The number of primary amides is 1. The van der Waals surface area contributed by atoms with E-state index < -0.39 is 90.7 Å². The summed E-state index contributed by atoms with van der Waals surface area (Å²) in [6, 6.07) is -8.30. The van der Waals surface area contributed by atoms with Crippen molar-refractivity contribution < 1.29 is 43.8 Å². The van der Waals surface area contributed by atoms with Gasteiger partial charge in [0, 0.05) is 23.8 Å². The number of carboxylic acid groups (broad SMARTS) is 1. The average molecular weight is 685 g/mol. The Kier molecular flexibility index (Phi) is 19.6. The SMILES string of the molecule is NC(=O)CC(NC(=O)C(CS)NC(=O)C(CS)NC(=O)C(CO)NC(=O)C(CS)NC(=O)C(N)CCCN=C(N)N)C(=O)O. The van der Waals surface area contributed by atoms with E-state index in [0.717, 1.165) is 0 Å². The summed E-state index contributed by atoms with van der Waals surface area (Å²) in [4.78, 5) is 89.3. The van der Waals surface area contributed by atoms with Gasteiger partial charge in [0.15, 0.2) is 5.96 Å². The van der Waals surface area contributed by atoms with Crippen LogP contribution in [0, 0.1) is 0 Å². The molecule has 6 amide bonds. The first kappa shape index (κ1) is 40.5. The summed E-state index contributed by atoms with van der Waals surface area (Å²) in [6.07, 6.45) is -0.126. The van der Waals surface area contributed by atoms with Crippen molar-refractivity contribution in [1.29, 1.82) is 0 Å². The topological polar surface area (TPSA) is 337 Å². The molecule has 250 valence electrons. The molecule has 0 aliphatic carbocycles. The highest BCUT2D eigenvalue weighted by Crippen LogP contribution is 2.01. The van der Waals surface area contributed by atoms with Crippen LogP contribution in [0.4, 0.5) is 0 Å². The standard InChI is InChI=1S/C22H40N10O9S3/c23-9(2-1-3-27-22(25)26)16(35)30-12(6-42)19(38)29-11(5-33)17(36)31-14(8-44)20(39)32-13(7-43)18(37)28-10(21(40)41)4-15(24)34/h9-14,33,42-44H,1-8,23H2,(H2,24,34)(H,28,37)(H,29,38)(H,30,35)(H,31,36)(H,32,39)(H,40,41)(H4,25,26,27). The van der Waals surface area contributed by atoms with Crippen molar-refractivity contribution in [2.45, 2.75) is 55.5 Å². The van der Waals surface area contributed by atoms with E-state index in [1.54, 1.807) is 0 Å². The van der Waals surface area contributed by atoms with E-state index in [1.165, 1.54) is 0 Å². The number of aliphatic carboxylic acids is 1. The number of hydrogen-bond acceptors (Lipinski definition) is 13. The number of nitrogens with two attached hydrogens (primary N) is 4. The number of carbonyl (C=O) groups is 7. The maximum Gasteiger partial charge on any atom is 0.326 e. The highest BCUT2D eigenvalue weighted by atomic mass is 32.1. The van der Waals surface area contributed by atoms with Gasteiger partial charge in [-0.15, -0.1) is 0 Å². The number of aliphatic hydroxyl groups is 1. The van der Waals surface area contributed by atoms with Crippen molar-refractivity contribution in [1.82, 2.24) is 26.6 Å². The predicted octanol–water partition coefficient (Wildman–Crippen LogP) is -6.47. The van der Waals surface area contributed by atoms with Crippen LogP contribution >= 0.6 is 37.9 Å². The van der Waals surface area contributed by atoms with Gasteiger partial charge in [-0.05, 0) is 12.8 Å². The Morgan fingerprint density at radius 1 is 0.659 bits per heavy atom. The Morgan fingerprint density at radius 2 is 1.05 bits per heavy atom. The van der Waals surface area contributed by atoms with Gasteiger partial charge < -0.3 is 59.7 Å². The highest BCUT2D eigenvalue weighted by molar-refractivity contribution is 7.80.